The van der Waals surface area contributed by atoms with Gasteiger partial charge in [0.05, 0.1) is 5.69 Å². The molecule has 1 saturated carbocycles. The van der Waals surface area contributed by atoms with Gasteiger partial charge in [-0.1, -0.05) is 13.8 Å². The van der Waals surface area contributed by atoms with Gasteiger partial charge in [0.15, 0.2) is 5.82 Å². The molecule has 116 valence electrons. The number of aromatic nitrogens is 2. The molecule has 5 nitrogen and oxygen atoms in total. The fraction of sp³-hybridized carbons (Fsp3) is 0.750. The highest BCUT2D eigenvalue weighted by atomic mass is 15.3. The highest BCUT2D eigenvalue weighted by molar-refractivity contribution is 5.39. The average molecular weight is 289 g/mol. The standard InChI is InChI=1S/C16H27N5/c1-3-20(4-2)15-9-10-21(12-15)16-8-7-14(18-19-16)11-17-13-5-6-13/h7-8,13,15,17H,3-6,9-12H2,1-2H3. The van der Waals surface area contributed by atoms with Crippen molar-refractivity contribution in [2.24, 2.45) is 0 Å². The highest BCUT2D eigenvalue weighted by Gasteiger charge is 2.27. The van der Waals surface area contributed by atoms with Crippen LogP contribution in [0.25, 0.3) is 0 Å². The molecule has 5 heteroatoms. The SMILES string of the molecule is CCN(CC)C1CCN(c2ccc(CNC3CC3)nn2)C1. The van der Waals surface area contributed by atoms with E-state index in [1.807, 2.05) is 0 Å². The minimum absolute atomic E-state index is 0.665. The molecule has 1 N–H and O–H groups in total. The van der Waals surface area contributed by atoms with Gasteiger partial charge in [-0.15, -0.1) is 5.10 Å². The second-order valence-corrected chi connectivity index (χ2v) is 6.15. The third kappa shape index (κ3) is 3.71. The summed E-state index contributed by atoms with van der Waals surface area (Å²) in [5.41, 5.74) is 1.05. The first kappa shape index (κ1) is 14.7. The van der Waals surface area contributed by atoms with E-state index in [2.05, 4.69) is 51.3 Å². The van der Waals surface area contributed by atoms with Crippen LogP contribution in [0.3, 0.4) is 0 Å². The zero-order valence-corrected chi connectivity index (χ0v) is 13.3. The maximum atomic E-state index is 4.42. The third-order valence-electron chi connectivity index (χ3n) is 4.67. The van der Waals surface area contributed by atoms with Crippen LogP contribution in [0.1, 0.15) is 38.8 Å². The maximum absolute atomic E-state index is 4.42. The van der Waals surface area contributed by atoms with Gasteiger partial charge in [0, 0.05) is 31.7 Å². The summed E-state index contributed by atoms with van der Waals surface area (Å²) in [5.74, 6) is 1.03. The van der Waals surface area contributed by atoms with Crippen LogP contribution in [-0.2, 0) is 6.54 Å². The molecule has 1 aromatic heterocycles. The van der Waals surface area contributed by atoms with Crippen LogP contribution in [0.4, 0.5) is 5.82 Å². The van der Waals surface area contributed by atoms with Gasteiger partial charge in [-0.05, 0) is 44.5 Å². The molecule has 2 heterocycles. The zero-order valence-electron chi connectivity index (χ0n) is 13.3. The molecule has 1 unspecified atom stereocenters. The number of likely N-dealkylation sites (N-methyl/N-ethyl adjacent to an activating group) is 1. The molecular weight excluding hydrogens is 262 g/mol. The molecule has 0 spiro atoms. The monoisotopic (exact) mass is 289 g/mol. The summed E-state index contributed by atoms with van der Waals surface area (Å²) < 4.78 is 0. The van der Waals surface area contributed by atoms with Crippen molar-refractivity contribution in [3.63, 3.8) is 0 Å². The molecule has 0 aromatic carbocycles. The van der Waals surface area contributed by atoms with Crippen LogP contribution < -0.4 is 10.2 Å². The highest BCUT2D eigenvalue weighted by Crippen LogP contribution is 2.21. The quantitative estimate of drug-likeness (QED) is 0.827. The van der Waals surface area contributed by atoms with E-state index >= 15 is 0 Å². The molecule has 3 rings (SSSR count). The Bertz CT molecular complexity index is 438. The number of hydrogen-bond donors (Lipinski definition) is 1. The van der Waals surface area contributed by atoms with Crippen LogP contribution in [0.15, 0.2) is 12.1 Å². The predicted octanol–water partition coefficient (Wildman–Crippen LogP) is 1.65. The van der Waals surface area contributed by atoms with Crippen LogP contribution in [0.2, 0.25) is 0 Å². The molecule has 1 atom stereocenters. The van der Waals surface area contributed by atoms with Gasteiger partial charge in [0.1, 0.15) is 0 Å². The van der Waals surface area contributed by atoms with E-state index in [-0.39, 0.29) is 0 Å². The summed E-state index contributed by atoms with van der Waals surface area (Å²) in [7, 11) is 0. The van der Waals surface area contributed by atoms with Crippen molar-refractivity contribution in [2.75, 3.05) is 31.1 Å². The minimum atomic E-state index is 0.665. The largest absolute Gasteiger partial charge is 0.354 e. The molecule has 1 aliphatic heterocycles. The van der Waals surface area contributed by atoms with E-state index in [0.717, 1.165) is 50.3 Å². The summed E-state index contributed by atoms with van der Waals surface area (Å²) in [4.78, 5) is 4.91. The zero-order chi connectivity index (χ0) is 14.7. The van der Waals surface area contributed by atoms with Crippen molar-refractivity contribution < 1.29 is 0 Å². The fourth-order valence-corrected chi connectivity index (χ4v) is 3.14. The molecule has 21 heavy (non-hydrogen) atoms. The Morgan fingerprint density at radius 1 is 1.19 bits per heavy atom. The van der Waals surface area contributed by atoms with Gasteiger partial charge in [-0.25, -0.2) is 0 Å². The van der Waals surface area contributed by atoms with E-state index < -0.39 is 0 Å². The van der Waals surface area contributed by atoms with Crippen LogP contribution in [0, 0.1) is 0 Å². The summed E-state index contributed by atoms with van der Waals surface area (Å²) in [6.07, 6.45) is 3.85. The van der Waals surface area contributed by atoms with Crippen molar-refractivity contribution in [2.45, 2.75) is 51.7 Å². The predicted molar refractivity (Wildman–Crippen MR) is 85.4 cm³/mol. The molecule has 2 aliphatic rings. The summed E-state index contributed by atoms with van der Waals surface area (Å²) in [6.45, 7) is 9.77. The maximum Gasteiger partial charge on any atom is 0.151 e. The van der Waals surface area contributed by atoms with Gasteiger partial charge < -0.3 is 10.2 Å². The average Bonchev–Trinajstić information content (AvgIpc) is 3.23. The molecule has 1 aromatic rings. The van der Waals surface area contributed by atoms with Crippen LogP contribution in [0.5, 0.6) is 0 Å². The van der Waals surface area contributed by atoms with Crippen molar-refractivity contribution in [3.8, 4) is 0 Å². The van der Waals surface area contributed by atoms with E-state index in [1.165, 1.54) is 19.3 Å². The number of nitrogens with zero attached hydrogens (tertiary/aromatic N) is 4. The third-order valence-corrected chi connectivity index (χ3v) is 4.67. The van der Waals surface area contributed by atoms with Crippen LogP contribution >= 0.6 is 0 Å². The fourth-order valence-electron chi connectivity index (χ4n) is 3.14. The lowest BCUT2D eigenvalue weighted by Gasteiger charge is -2.26. The molecular formula is C16H27N5. The first-order valence-corrected chi connectivity index (χ1v) is 8.35. The summed E-state index contributed by atoms with van der Waals surface area (Å²) in [5, 5.41) is 12.3. The Hall–Kier alpha value is -1.20. The Balaban J connectivity index is 1.54. The molecule has 1 aliphatic carbocycles. The molecule has 1 saturated heterocycles. The number of anilines is 1. The van der Waals surface area contributed by atoms with Gasteiger partial charge in [-0.2, -0.15) is 5.10 Å². The molecule has 2 fully saturated rings. The minimum Gasteiger partial charge on any atom is -0.354 e. The van der Waals surface area contributed by atoms with E-state index in [9.17, 15) is 0 Å². The second-order valence-electron chi connectivity index (χ2n) is 6.15. The van der Waals surface area contributed by atoms with E-state index in [0.29, 0.717) is 6.04 Å². The van der Waals surface area contributed by atoms with E-state index in [4.69, 9.17) is 0 Å². The number of rotatable bonds is 7. The Kier molecular flexibility index (Phi) is 4.70. The molecule has 0 bridgehead atoms. The van der Waals surface area contributed by atoms with Crippen molar-refractivity contribution in [3.05, 3.63) is 17.8 Å². The van der Waals surface area contributed by atoms with Gasteiger partial charge >= 0.3 is 0 Å². The lowest BCUT2D eigenvalue weighted by Crippen LogP contribution is -2.37. The number of hydrogen-bond acceptors (Lipinski definition) is 5. The van der Waals surface area contributed by atoms with Crippen molar-refractivity contribution >= 4 is 5.82 Å². The van der Waals surface area contributed by atoms with Crippen LogP contribution in [-0.4, -0.2) is 53.4 Å². The number of nitrogens with one attached hydrogen (secondary N) is 1. The molecule has 0 radical (unpaired) electrons. The first-order chi connectivity index (χ1) is 10.3. The first-order valence-electron chi connectivity index (χ1n) is 8.35. The normalized spacial score (nSPS) is 22.2. The van der Waals surface area contributed by atoms with Crippen molar-refractivity contribution in [1.82, 2.24) is 20.4 Å². The second kappa shape index (κ2) is 6.71. The molecule has 0 amide bonds. The smallest absolute Gasteiger partial charge is 0.151 e. The van der Waals surface area contributed by atoms with Gasteiger partial charge in [-0.3, -0.25) is 4.90 Å². The Morgan fingerprint density at radius 2 is 2.00 bits per heavy atom. The topological polar surface area (TPSA) is 44.3 Å². The lowest BCUT2D eigenvalue weighted by molar-refractivity contribution is 0.232. The lowest BCUT2D eigenvalue weighted by atomic mass is 10.2. The van der Waals surface area contributed by atoms with Crippen molar-refractivity contribution in [1.29, 1.82) is 0 Å². The van der Waals surface area contributed by atoms with Gasteiger partial charge in [0.25, 0.3) is 0 Å². The summed E-state index contributed by atoms with van der Waals surface area (Å²) in [6, 6.07) is 5.63. The Morgan fingerprint density at radius 3 is 2.62 bits per heavy atom. The Labute approximate surface area is 127 Å². The van der Waals surface area contributed by atoms with E-state index in [1.54, 1.807) is 0 Å². The van der Waals surface area contributed by atoms with Gasteiger partial charge in [0.2, 0.25) is 0 Å². The summed E-state index contributed by atoms with van der Waals surface area (Å²) >= 11 is 0.